The standard InChI is InChI=1S/C13H17N7O/c1-4-5-14-12-9-10(18-13(19-12)20(2)3)11(15-6-7-21)17-8-16-9/h1,8,21H,5-7H2,2-3H3,(H,14,18,19)(H,15,16,17). The normalized spacial score (nSPS) is 10.2. The number of terminal acetylenes is 1. The van der Waals surface area contributed by atoms with E-state index in [2.05, 4.69) is 36.5 Å². The van der Waals surface area contributed by atoms with Crippen molar-refractivity contribution < 1.29 is 5.11 Å². The quantitative estimate of drug-likeness (QED) is 0.635. The van der Waals surface area contributed by atoms with Crippen LogP contribution in [0.1, 0.15) is 0 Å². The van der Waals surface area contributed by atoms with Gasteiger partial charge in [0.15, 0.2) is 11.6 Å². The van der Waals surface area contributed by atoms with Crippen LogP contribution >= 0.6 is 0 Å². The minimum Gasteiger partial charge on any atom is -0.395 e. The van der Waals surface area contributed by atoms with E-state index in [0.29, 0.717) is 41.7 Å². The van der Waals surface area contributed by atoms with Gasteiger partial charge in [-0.15, -0.1) is 6.42 Å². The van der Waals surface area contributed by atoms with Crippen LogP contribution in [0.2, 0.25) is 0 Å². The molecule has 2 heterocycles. The smallest absolute Gasteiger partial charge is 0.227 e. The van der Waals surface area contributed by atoms with Gasteiger partial charge in [0.2, 0.25) is 5.95 Å². The van der Waals surface area contributed by atoms with Crippen molar-refractivity contribution in [1.82, 2.24) is 19.9 Å². The Morgan fingerprint density at radius 1 is 1.19 bits per heavy atom. The molecule has 2 rings (SSSR count). The molecule has 0 radical (unpaired) electrons. The summed E-state index contributed by atoms with van der Waals surface area (Å²) in [6.07, 6.45) is 6.69. The maximum atomic E-state index is 8.93. The molecule has 2 aromatic heterocycles. The molecule has 0 saturated carbocycles. The molecule has 21 heavy (non-hydrogen) atoms. The molecule has 2 aromatic rings. The lowest BCUT2D eigenvalue weighted by molar-refractivity contribution is 0.311. The molecule has 0 aliphatic carbocycles. The summed E-state index contributed by atoms with van der Waals surface area (Å²) in [5.74, 6) is 4.12. The Morgan fingerprint density at radius 2 is 2.00 bits per heavy atom. The van der Waals surface area contributed by atoms with Crippen molar-refractivity contribution in [1.29, 1.82) is 0 Å². The van der Waals surface area contributed by atoms with E-state index in [9.17, 15) is 0 Å². The molecule has 0 bridgehead atoms. The van der Waals surface area contributed by atoms with Gasteiger partial charge in [-0.1, -0.05) is 5.92 Å². The van der Waals surface area contributed by atoms with Crippen LogP contribution in [-0.2, 0) is 0 Å². The SMILES string of the molecule is C#CCNc1nc(N(C)C)nc2c(NCCO)ncnc12. The van der Waals surface area contributed by atoms with Crippen molar-refractivity contribution >= 4 is 28.6 Å². The van der Waals surface area contributed by atoms with Crippen LogP contribution < -0.4 is 15.5 Å². The van der Waals surface area contributed by atoms with Crippen LogP contribution in [0.3, 0.4) is 0 Å². The first-order chi connectivity index (χ1) is 10.2. The van der Waals surface area contributed by atoms with Crippen molar-refractivity contribution in [3.8, 4) is 12.3 Å². The van der Waals surface area contributed by atoms with Gasteiger partial charge in [-0.25, -0.2) is 15.0 Å². The minimum atomic E-state index is -0.000676. The number of aliphatic hydroxyl groups is 1. The van der Waals surface area contributed by atoms with Gasteiger partial charge in [0.05, 0.1) is 13.2 Å². The highest BCUT2D eigenvalue weighted by Crippen LogP contribution is 2.24. The van der Waals surface area contributed by atoms with Crippen molar-refractivity contribution in [2.24, 2.45) is 0 Å². The van der Waals surface area contributed by atoms with Gasteiger partial charge in [0, 0.05) is 20.6 Å². The zero-order chi connectivity index (χ0) is 15.2. The Morgan fingerprint density at radius 3 is 2.67 bits per heavy atom. The van der Waals surface area contributed by atoms with E-state index in [1.54, 1.807) is 4.90 Å². The van der Waals surface area contributed by atoms with Crippen LogP contribution in [0.15, 0.2) is 6.33 Å². The highest BCUT2D eigenvalue weighted by molar-refractivity contribution is 5.93. The predicted molar refractivity (Wildman–Crippen MR) is 82.4 cm³/mol. The Kier molecular flexibility index (Phi) is 4.68. The third-order valence-corrected chi connectivity index (χ3v) is 2.63. The Labute approximate surface area is 122 Å². The number of anilines is 3. The molecular formula is C13H17N7O. The van der Waals surface area contributed by atoms with E-state index < -0.39 is 0 Å². The summed E-state index contributed by atoms with van der Waals surface area (Å²) in [7, 11) is 3.69. The fraction of sp³-hybridized carbons (Fsp3) is 0.385. The molecule has 8 heteroatoms. The first-order valence-electron chi connectivity index (χ1n) is 6.39. The molecule has 0 aliphatic rings. The van der Waals surface area contributed by atoms with E-state index in [1.165, 1.54) is 6.33 Å². The maximum absolute atomic E-state index is 8.93. The zero-order valence-electron chi connectivity index (χ0n) is 12.0. The van der Waals surface area contributed by atoms with Gasteiger partial charge in [0.1, 0.15) is 17.4 Å². The molecule has 0 fully saturated rings. The van der Waals surface area contributed by atoms with Crippen molar-refractivity contribution in [2.75, 3.05) is 49.3 Å². The number of hydrogen-bond acceptors (Lipinski definition) is 8. The molecule has 0 unspecified atom stereocenters. The van der Waals surface area contributed by atoms with E-state index >= 15 is 0 Å². The first-order valence-corrected chi connectivity index (χ1v) is 6.39. The molecule has 8 nitrogen and oxygen atoms in total. The Bertz CT molecular complexity index is 665. The summed E-state index contributed by atoms with van der Waals surface area (Å²) in [5.41, 5.74) is 1.15. The second kappa shape index (κ2) is 6.67. The van der Waals surface area contributed by atoms with Crippen molar-refractivity contribution in [2.45, 2.75) is 0 Å². The van der Waals surface area contributed by atoms with Crippen LogP contribution in [0.4, 0.5) is 17.6 Å². The largest absolute Gasteiger partial charge is 0.395 e. The topological polar surface area (TPSA) is 99.1 Å². The Hall–Kier alpha value is -2.66. The summed E-state index contributed by atoms with van der Waals surface area (Å²) in [6.45, 7) is 0.711. The zero-order valence-corrected chi connectivity index (χ0v) is 12.0. The van der Waals surface area contributed by atoms with Crippen LogP contribution in [0.5, 0.6) is 0 Å². The monoisotopic (exact) mass is 287 g/mol. The third kappa shape index (κ3) is 3.27. The number of rotatable bonds is 6. The molecule has 0 aromatic carbocycles. The predicted octanol–water partition coefficient (Wildman–Crippen LogP) is -0.0649. The van der Waals surface area contributed by atoms with E-state index in [-0.39, 0.29) is 6.61 Å². The summed E-state index contributed by atoms with van der Waals surface area (Å²) in [5, 5.41) is 15.0. The highest BCUT2D eigenvalue weighted by atomic mass is 16.3. The fourth-order valence-electron chi connectivity index (χ4n) is 1.70. The van der Waals surface area contributed by atoms with Crippen LogP contribution in [-0.4, -0.2) is 58.8 Å². The number of hydrogen-bond donors (Lipinski definition) is 3. The molecule has 0 atom stereocenters. The first kappa shape index (κ1) is 14.7. The average molecular weight is 287 g/mol. The van der Waals surface area contributed by atoms with Crippen molar-refractivity contribution in [3.63, 3.8) is 0 Å². The minimum absolute atomic E-state index is 0.000676. The van der Waals surface area contributed by atoms with E-state index in [1.807, 2.05) is 14.1 Å². The molecule has 3 N–H and O–H groups in total. The second-order valence-electron chi connectivity index (χ2n) is 4.39. The molecule has 110 valence electrons. The number of aliphatic hydroxyl groups excluding tert-OH is 1. The van der Waals surface area contributed by atoms with Crippen molar-refractivity contribution in [3.05, 3.63) is 6.33 Å². The van der Waals surface area contributed by atoms with Gasteiger partial charge in [-0.2, -0.15) is 4.98 Å². The molecule has 0 spiro atoms. The molecule has 0 saturated heterocycles. The lowest BCUT2D eigenvalue weighted by atomic mass is 10.3. The lowest BCUT2D eigenvalue weighted by Gasteiger charge is -2.15. The summed E-state index contributed by atoms with van der Waals surface area (Å²) < 4.78 is 0. The molecule has 0 amide bonds. The number of nitrogens with zero attached hydrogens (tertiary/aromatic N) is 5. The average Bonchev–Trinajstić information content (AvgIpc) is 2.50. The number of aromatic nitrogens is 4. The van der Waals surface area contributed by atoms with E-state index in [4.69, 9.17) is 11.5 Å². The van der Waals surface area contributed by atoms with Gasteiger partial charge in [0.25, 0.3) is 0 Å². The second-order valence-corrected chi connectivity index (χ2v) is 4.39. The number of fused-ring (bicyclic) bond motifs is 1. The third-order valence-electron chi connectivity index (χ3n) is 2.63. The van der Waals surface area contributed by atoms with Gasteiger partial charge in [-0.05, 0) is 0 Å². The van der Waals surface area contributed by atoms with Crippen LogP contribution in [0.25, 0.3) is 11.0 Å². The summed E-state index contributed by atoms with van der Waals surface area (Å²) in [4.78, 5) is 19.0. The van der Waals surface area contributed by atoms with Crippen LogP contribution in [0, 0.1) is 12.3 Å². The highest BCUT2D eigenvalue weighted by Gasteiger charge is 2.13. The Balaban J connectivity index is 2.57. The van der Waals surface area contributed by atoms with Gasteiger partial charge in [-0.3, -0.25) is 0 Å². The lowest BCUT2D eigenvalue weighted by Crippen LogP contribution is -2.16. The maximum Gasteiger partial charge on any atom is 0.227 e. The summed E-state index contributed by atoms with van der Waals surface area (Å²) >= 11 is 0. The van der Waals surface area contributed by atoms with E-state index in [0.717, 1.165) is 0 Å². The fourth-order valence-corrected chi connectivity index (χ4v) is 1.70. The van der Waals surface area contributed by atoms with Gasteiger partial charge >= 0.3 is 0 Å². The molecular weight excluding hydrogens is 270 g/mol. The molecule has 0 aliphatic heterocycles. The number of nitrogens with one attached hydrogen (secondary N) is 2. The summed E-state index contributed by atoms with van der Waals surface area (Å²) in [6, 6.07) is 0. The van der Waals surface area contributed by atoms with Gasteiger partial charge < -0.3 is 20.6 Å².